The number of alkyl halides is 3. The van der Waals surface area contributed by atoms with Crippen LogP contribution in [0.1, 0.15) is 32.4 Å². The fraction of sp³-hybridized carbons (Fsp3) is 0.692. The predicted octanol–water partition coefficient (Wildman–Crippen LogP) is 2.46. The number of aromatic nitrogens is 2. The van der Waals surface area contributed by atoms with Gasteiger partial charge in [-0.2, -0.15) is 13.2 Å². The highest BCUT2D eigenvalue weighted by molar-refractivity contribution is 5.34. The van der Waals surface area contributed by atoms with E-state index >= 15 is 0 Å². The number of piperazine rings is 1. The van der Waals surface area contributed by atoms with Crippen molar-refractivity contribution < 1.29 is 13.2 Å². The lowest BCUT2D eigenvalue weighted by Crippen LogP contribution is -2.56. The van der Waals surface area contributed by atoms with E-state index in [1.807, 2.05) is 11.8 Å². The minimum absolute atomic E-state index is 0.126. The molecular formula is C13H19F3N4. The van der Waals surface area contributed by atoms with Gasteiger partial charge in [-0.3, -0.25) is 0 Å². The molecule has 0 radical (unpaired) electrons. The van der Waals surface area contributed by atoms with Crippen molar-refractivity contribution in [3.8, 4) is 0 Å². The van der Waals surface area contributed by atoms with Crippen LogP contribution in [0.25, 0.3) is 0 Å². The van der Waals surface area contributed by atoms with Crippen LogP contribution in [0.2, 0.25) is 0 Å². The molecule has 0 aromatic carbocycles. The molecule has 2 unspecified atom stereocenters. The van der Waals surface area contributed by atoms with E-state index in [4.69, 9.17) is 0 Å². The van der Waals surface area contributed by atoms with E-state index < -0.39 is 11.9 Å². The van der Waals surface area contributed by atoms with Gasteiger partial charge >= 0.3 is 6.18 Å². The summed E-state index contributed by atoms with van der Waals surface area (Å²) in [6.07, 6.45) is -1.49. The minimum atomic E-state index is -4.43. The predicted molar refractivity (Wildman–Crippen MR) is 70.5 cm³/mol. The van der Waals surface area contributed by atoms with Crippen molar-refractivity contribution in [2.75, 3.05) is 18.0 Å². The van der Waals surface area contributed by atoms with Crippen LogP contribution in [0.15, 0.2) is 12.3 Å². The summed E-state index contributed by atoms with van der Waals surface area (Å²) in [5, 5.41) is 3.39. The second-order valence-corrected chi connectivity index (χ2v) is 4.97. The number of hydrogen-bond acceptors (Lipinski definition) is 4. The Kier molecular flexibility index (Phi) is 4.47. The molecule has 112 valence electrons. The lowest BCUT2D eigenvalue weighted by Gasteiger charge is -2.40. The van der Waals surface area contributed by atoms with E-state index in [0.29, 0.717) is 6.54 Å². The van der Waals surface area contributed by atoms with Gasteiger partial charge in [0.1, 0.15) is 5.69 Å². The van der Waals surface area contributed by atoms with Crippen molar-refractivity contribution in [1.29, 1.82) is 0 Å². The normalized spacial score (nSPS) is 23.9. The van der Waals surface area contributed by atoms with Crippen LogP contribution in [0.3, 0.4) is 0 Å². The van der Waals surface area contributed by atoms with Crippen molar-refractivity contribution in [3.05, 3.63) is 18.0 Å². The van der Waals surface area contributed by atoms with E-state index in [0.717, 1.165) is 25.5 Å². The number of anilines is 1. The Hall–Kier alpha value is -1.37. The molecule has 4 nitrogen and oxygen atoms in total. The molecule has 1 aliphatic rings. The van der Waals surface area contributed by atoms with E-state index in [2.05, 4.69) is 22.2 Å². The zero-order valence-electron chi connectivity index (χ0n) is 11.6. The molecule has 0 saturated carbocycles. The number of nitrogens with one attached hydrogen (secondary N) is 1. The second-order valence-electron chi connectivity index (χ2n) is 4.97. The third-order valence-corrected chi connectivity index (χ3v) is 3.65. The second kappa shape index (κ2) is 5.95. The molecule has 1 fully saturated rings. The number of rotatable bonds is 3. The Morgan fingerprint density at radius 3 is 2.70 bits per heavy atom. The zero-order chi connectivity index (χ0) is 14.8. The molecule has 0 amide bonds. The SMILES string of the molecule is CCC1CN(c2nccc(C(F)(F)F)n2)C(CC)CN1. The minimum Gasteiger partial charge on any atom is -0.335 e. The topological polar surface area (TPSA) is 41.1 Å². The number of hydrogen-bond donors (Lipinski definition) is 1. The van der Waals surface area contributed by atoms with Gasteiger partial charge in [-0.1, -0.05) is 13.8 Å². The van der Waals surface area contributed by atoms with Crippen molar-refractivity contribution >= 4 is 5.95 Å². The van der Waals surface area contributed by atoms with E-state index in [9.17, 15) is 13.2 Å². The van der Waals surface area contributed by atoms with Gasteiger partial charge in [0.05, 0.1) is 0 Å². The van der Waals surface area contributed by atoms with Crippen LogP contribution >= 0.6 is 0 Å². The largest absolute Gasteiger partial charge is 0.433 e. The Morgan fingerprint density at radius 2 is 2.10 bits per heavy atom. The van der Waals surface area contributed by atoms with E-state index in [1.165, 1.54) is 6.20 Å². The van der Waals surface area contributed by atoms with Crippen LogP contribution in [0, 0.1) is 0 Å². The van der Waals surface area contributed by atoms with Crippen LogP contribution in [0.4, 0.5) is 19.1 Å². The summed E-state index contributed by atoms with van der Waals surface area (Å²) in [6, 6.07) is 1.29. The van der Waals surface area contributed by atoms with Crippen LogP contribution in [-0.2, 0) is 6.18 Å². The summed E-state index contributed by atoms with van der Waals surface area (Å²) < 4.78 is 38.2. The van der Waals surface area contributed by atoms with Gasteiger partial charge < -0.3 is 10.2 Å². The molecule has 0 aliphatic carbocycles. The standard InChI is InChI=1S/C13H19F3N4/c1-3-9-8-20(10(4-2)7-18-9)12-17-6-5-11(19-12)13(14,15)16/h5-6,9-10,18H,3-4,7-8H2,1-2H3. The Morgan fingerprint density at radius 1 is 1.35 bits per heavy atom. The molecule has 1 aliphatic heterocycles. The Bertz CT molecular complexity index is 449. The molecule has 0 bridgehead atoms. The molecule has 1 N–H and O–H groups in total. The van der Waals surface area contributed by atoms with Crippen molar-refractivity contribution in [3.63, 3.8) is 0 Å². The fourth-order valence-electron chi connectivity index (χ4n) is 2.39. The summed E-state index contributed by atoms with van der Waals surface area (Å²) in [5.74, 6) is 0.173. The first-order valence-corrected chi connectivity index (χ1v) is 6.86. The average Bonchev–Trinajstić information content (AvgIpc) is 2.45. The van der Waals surface area contributed by atoms with Gasteiger partial charge in [0.2, 0.25) is 5.95 Å². The quantitative estimate of drug-likeness (QED) is 0.927. The Labute approximate surface area is 116 Å². The first kappa shape index (κ1) is 15.0. The van der Waals surface area contributed by atoms with E-state index in [1.54, 1.807) is 0 Å². The average molecular weight is 288 g/mol. The fourth-order valence-corrected chi connectivity index (χ4v) is 2.39. The molecule has 1 aromatic heterocycles. The Balaban J connectivity index is 2.27. The first-order valence-electron chi connectivity index (χ1n) is 6.86. The summed E-state index contributed by atoms with van der Waals surface area (Å²) in [7, 11) is 0. The van der Waals surface area contributed by atoms with Crippen molar-refractivity contribution in [1.82, 2.24) is 15.3 Å². The smallest absolute Gasteiger partial charge is 0.335 e. The first-order chi connectivity index (χ1) is 9.45. The molecule has 0 spiro atoms. The van der Waals surface area contributed by atoms with Gasteiger partial charge in [-0.05, 0) is 18.9 Å². The monoisotopic (exact) mass is 288 g/mol. The number of halogens is 3. The highest BCUT2D eigenvalue weighted by Crippen LogP contribution is 2.29. The summed E-state index contributed by atoms with van der Waals surface area (Å²) in [6.45, 7) is 5.44. The molecule has 20 heavy (non-hydrogen) atoms. The van der Waals surface area contributed by atoms with Crippen molar-refractivity contribution in [2.24, 2.45) is 0 Å². The lowest BCUT2D eigenvalue weighted by molar-refractivity contribution is -0.141. The maximum atomic E-state index is 12.7. The van der Waals surface area contributed by atoms with Gasteiger partial charge in [-0.25, -0.2) is 9.97 Å². The molecule has 2 rings (SSSR count). The highest BCUT2D eigenvalue weighted by atomic mass is 19.4. The number of nitrogens with zero attached hydrogens (tertiary/aromatic N) is 3. The van der Waals surface area contributed by atoms with Gasteiger partial charge in [0, 0.05) is 31.4 Å². The molecular weight excluding hydrogens is 269 g/mol. The van der Waals surface area contributed by atoms with Gasteiger partial charge in [-0.15, -0.1) is 0 Å². The van der Waals surface area contributed by atoms with Crippen LogP contribution < -0.4 is 10.2 Å². The zero-order valence-corrected chi connectivity index (χ0v) is 11.6. The van der Waals surface area contributed by atoms with Crippen molar-refractivity contribution in [2.45, 2.75) is 44.9 Å². The van der Waals surface area contributed by atoms with Crippen LogP contribution in [0.5, 0.6) is 0 Å². The lowest BCUT2D eigenvalue weighted by atomic mass is 10.1. The highest BCUT2D eigenvalue weighted by Gasteiger charge is 2.34. The third kappa shape index (κ3) is 3.20. The van der Waals surface area contributed by atoms with Gasteiger partial charge in [0.25, 0.3) is 0 Å². The maximum Gasteiger partial charge on any atom is 0.433 e. The summed E-state index contributed by atoms with van der Waals surface area (Å²) in [5.41, 5.74) is -0.885. The van der Waals surface area contributed by atoms with Crippen LogP contribution in [-0.4, -0.2) is 35.1 Å². The molecule has 7 heteroatoms. The molecule has 2 atom stereocenters. The van der Waals surface area contributed by atoms with E-state index in [-0.39, 0.29) is 18.0 Å². The third-order valence-electron chi connectivity index (χ3n) is 3.65. The molecule has 2 heterocycles. The molecule has 1 saturated heterocycles. The summed E-state index contributed by atoms with van der Waals surface area (Å²) >= 11 is 0. The maximum absolute atomic E-state index is 12.7. The summed E-state index contributed by atoms with van der Waals surface area (Å²) in [4.78, 5) is 9.62. The van der Waals surface area contributed by atoms with Gasteiger partial charge in [0.15, 0.2) is 0 Å². The molecule has 1 aromatic rings.